The Morgan fingerprint density at radius 2 is 1.64 bits per heavy atom. The van der Waals surface area contributed by atoms with E-state index in [1.165, 1.54) is 50.6 Å². The van der Waals surface area contributed by atoms with Gasteiger partial charge in [0.05, 0.1) is 31.9 Å². The predicted octanol–water partition coefficient (Wildman–Crippen LogP) is 4.50. The molecule has 0 saturated heterocycles. The topological polar surface area (TPSA) is 82.1 Å². The second kappa shape index (κ2) is 8.59. The normalized spacial score (nSPS) is 14.2. The van der Waals surface area contributed by atoms with Crippen LogP contribution in [-0.2, 0) is 9.84 Å². The standard InChI is InChI=1S/C24H20FNO6S/c1-30-18-6-4-5-17(13-18)26-14-23(33(28,29)22-10-8-16(25)12-19(22)26)24(27)15-7-9-20(31-2)21(11-15)32-3/h4-14H,1-3H3. The number of hydrogen-bond donors (Lipinski definition) is 0. The summed E-state index contributed by atoms with van der Waals surface area (Å²) in [5, 5.41) is 0. The number of nitrogens with zero attached hydrogens (tertiary/aromatic N) is 1. The van der Waals surface area contributed by atoms with Gasteiger partial charge >= 0.3 is 0 Å². The molecule has 0 saturated carbocycles. The number of allylic oxidation sites excluding steroid dienone is 1. The maximum absolute atomic E-state index is 14.1. The SMILES string of the molecule is COc1cccc(N2C=C(C(=O)c3ccc(OC)c(OC)c3)S(=O)(=O)c3ccc(F)cc32)c1. The van der Waals surface area contributed by atoms with Crippen LogP contribution in [0.3, 0.4) is 0 Å². The van der Waals surface area contributed by atoms with Crippen LogP contribution in [0.1, 0.15) is 10.4 Å². The Hall–Kier alpha value is -3.85. The minimum atomic E-state index is -4.24. The molecule has 0 spiro atoms. The first-order chi connectivity index (χ1) is 15.8. The smallest absolute Gasteiger partial charge is 0.214 e. The average Bonchev–Trinajstić information content (AvgIpc) is 2.83. The number of hydrogen-bond acceptors (Lipinski definition) is 7. The van der Waals surface area contributed by atoms with E-state index in [0.29, 0.717) is 17.2 Å². The van der Waals surface area contributed by atoms with Gasteiger partial charge in [0.25, 0.3) is 0 Å². The highest BCUT2D eigenvalue weighted by molar-refractivity contribution is 7.96. The van der Waals surface area contributed by atoms with Gasteiger partial charge in [-0.05, 0) is 48.5 Å². The third-order valence-electron chi connectivity index (χ3n) is 5.21. The fraction of sp³-hybridized carbons (Fsp3) is 0.125. The third kappa shape index (κ3) is 3.91. The molecule has 3 aromatic carbocycles. The van der Waals surface area contributed by atoms with E-state index in [1.807, 2.05) is 0 Å². The summed E-state index contributed by atoms with van der Waals surface area (Å²) in [5.41, 5.74) is 0.680. The van der Waals surface area contributed by atoms with Crippen LogP contribution in [-0.4, -0.2) is 35.5 Å². The predicted molar refractivity (Wildman–Crippen MR) is 121 cm³/mol. The zero-order valence-electron chi connectivity index (χ0n) is 18.0. The van der Waals surface area contributed by atoms with E-state index < -0.39 is 26.3 Å². The van der Waals surface area contributed by atoms with Crippen molar-refractivity contribution in [3.05, 3.63) is 83.1 Å². The highest BCUT2D eigenvalue weighted by Crippen LogP contribution is 2.42. The fourth-order valence-corrected chi connectivity index (χ4v) is 5.08. The summed E-state index contributed by atoms with van der Waals surface area (Å²) < 4.78 is 56.6. The van der Waals surface area contributed by atoms with Crippen molar-refractivity contribution in [3.8, 4) is 17.2 Å². The molecule has 33 heavy (non-hydrogen) atoms. The van der Waals surface area contributed by atoms with Crippen LogP contribution in [0, 0.1) is 5.82 Å². The molecule has 0 bridgehead atoms. The minimum Gasteiger partial charge on any atom is -0.497 e. The number of sulfone groups is 1. The van der Waals surface area contributed by atoms with E-state index in [0.717, 1.165) is 18.2 Å². The van der Waals surface area contributed by atoms with E-state index in [-0.39, 0.29) is 21.9 Å². The number of carbonyl (C=O) groups excluding carboxylic acids is 1. The zero-order chi connectivity index (χ0) is 23.8. The number of halogens is 1. The number of ether oxygens (including phenoxy) is 3. The molecule has 4 rings (SSSR count). The number of carbonyl (C=O) groups is 1. The van der Waals surface area contributed by atoms with Crippen LogP contribution in [0.25, 0.3) is 0 Å². The summed E-state index contributed by atoms with van der Waals surface area (Å²) >= 11 is 0. The Kier molecular flexibility index (Phi) is 5.82. The van der Waals surface area contributed by atoms with E-state index >= 15 is 0 Å². The molecule has 9 heteroatoms. The molecular weight excluding hydrogens is 449 g/mol. The number of Topliss-reactive ketones (excluding diaryl/α,β-unsaturated/α-hetero) is 1. The van der Waals surface area contributed by atoms with Gasteiger partial charge in [-0.2, -0.15) is 0 Å². The number of anilines is 2. The molecule has 0 unspecified atom stereocenters. The molecule has 1 aliphatic heterocycles. The van der Waals surface area contributed by atoms with Gasteiger partial charge in [0.1, 0.15) is 16.5 Å². The number of benzene rings is 3. The van der Waals surface area contributed by atoms with Crippen molar-refractivity contribution in [2.75, 3.05) is 26.2 Å². The van der Waals surface area contributed by atoms with Crippen molar-refractivity contribution >= 4 is 27.0 Å². The van der Waals surface area contributed by atoms with Crippen LogP contribution < -0.4 is 19.1 Å². The monoisotopic (exact) mass is 469 g/mol. The van der Waals surface area contributed by atoms with Crippen molar-refractivity contribution in [1.82, 2.24) is 0 Å². The Balaban J connectivity index is 1.91. The first-order valence-electron chi connectivity index (χ1n) is 9.76. The molecule has 1 aliphatic rings. The first-order valence-corrected chi connectivity index (χ1v) is 11.2. The molecule has 0 radical (unpaired) electrons. The lowest BCUT2D eigenvalue weighted by atomic mass is 10.1. The fourth-order valence-electron chi connectivity index (χ4n) is 3.56. The molecule has 0 N–H and O–H groups in total. The largest absolute Gasteiger partial charge is 0.497 e. The quantitative estimate of drug-likeness (QED) is 0.388. The molecule has 0 atom stereocenters. The third-order valence-corrected chi connectivity index (χ3v) is 7.00. The van der Waals surface area contributed by atoms with Crippen LogP contribution in [0.2, 0.25) is 0 Å². The number of rotatable bonds is 6. The first kappa shape index (κ1) is 22.3. The second-order valence-electron chi connectivity index (χ2n) is 7.08. The summed E-state index contributed by atoms with van der Waals surface area (Å²) in [6.45, 7) is 0. The van der Waals surface area contributed by atoms with Crippen molar-refractivity contribution < 1.29 is 31.8 Å². The number of methoxy groups -OCH3 is 3. The molecule has 0 amide bonds. The van der Waals surface area contributed by atoms with E-state index in [4.69, 9.17) is 14.2 Å². The van der Waals surface area contributed by atoms with Gasteiger partial charge in [0, 0.05) is 23.5 Å². The molecular formula is C24H20FNO6S. The highest BCUT2D eigenvalue weighted by Gasteiger charge is 2.36. The molecule has 7 nitrogen and oxygen atoms in total. The zero-order valence-corrected chi connectivity index (χ0v) is 18.9. The summed E-state index contributed by atoms with van der Waals surface area (Å²) in [6.07, 6.45) is 1.20. The van der Waals surface area contributed by atoms with Crippen LogP contribution in [0.4, 0.5) is 15.8 Å². The Labute approximate surface area is 190 Å². The minimum absolute atomic E-state index is 0.0899. The molecule has 1 heterocycles. The van der Waals surface area contributed by atoms with Gasteiger partial charge < -0.3 is 19.1 Å². The van der Waals surface area contributed by atoms with Crippen molar-refractivity contribution in [2.24, 2.45) is 0 Å². The van der Waals surface area contributed by atoms with Crippen molar-refractivity contribution in [3.63, 3.8) is 0 Å². The van der Waals surface area contributed by atoms with Gasteiger partial charge in [-0.25, -0.2) is 12.8 Å². The van der Waals surface area contributed by atoms with E-state index in [1.54, 1.807) is 24.3 Å². The molecule has 170 valence electrons. The maximum Gasteiger partial charge on any atom is 0.214 e. The summed E-state index contributed by atoms with van der Waals surface area (Å²) in [5.74, 6) is -0.156. The van der Waals surface area contributed by atoms with Crippen molar-refractivity contribution in [1.29, 1.82) is 0 Å². The number of ketones is 1. The van der Waals surface area contributed by atoms with Crippen molar-refractivity contribution in [2.45, 2.75) is 4.90 Å². The van der Waals surface area contributed by atoms with Gasteiger partial charge in [-0.1, -0.05) is 6.07 Å². The van der Waals surface area contributed by atoms with Gasteiger partial charge in [0.15, 0.2) is 11.5 Å². The summed E-state index contributed by atoms with van der Waals surface area (Å²) in [4.78, 5) is 14.2. The lowest BCUT2D eigenvalue weighted by molar-refractivity contribution is 0.104. The average molecular weight is 469 g/mol. The van der Waals surface area contributed by atoms with Gasteiger partial charge in [0.2, 0.25) is 15.6 Å². The summed E-state index contributed by atoms with van der Waals surface area (Å²) in [7, 11) is 0.125. The highest BCUT2D eigenvalue weighted by atomic mass is 32.2. The van der Waals surface area contributed by atoms with Crippen LogP contribution >= 0.6 is 0 Å². The van der Waals surface area contributed by atoms with E-state index in [9.17, 15) is 17.6 Å². The van der Waals surface area contributed by atoms with Gasteiger partial charge in [-0.3, -0.25) is 4.79 Å². The lowest BCUT2D eigenvalue weighted by Gasteiger charge is -2.29. The number of fused-ring (bicyclic) bond motifs is 1. The lowest BCUT2D eigenvalue weighted by Crippen LogP contribution is -2.26. The molecule has 3 aromatic rings. The Morgan fingerprint density at radius 1 is 0.879 bits per heavy atom. The van der Waals surface area contributed by atoms with Crippen LogP contribution in [0.5, 0.6) is 17.2 Å². The molecule has 0 aliphatic carbocycles. The second-order valence-corrected chi connectivity index (χ2v) is 8.97. The maximum atomic E-state index is 14.1. The van der Waals surface area contributed by atoms with Gasteiger partial charge in [-0.15, -0.1) is 0 Å². The molecule has 0 fully saturated rings. The Bertz CT molecular complexity index is 1380. The van der Waals surface area contributed by atoms with Crippen LogP contribution in [0.15, 0.2) is 76.7 Å². The van der Waals surface area contributed by atoms with E-state index in [2.05, 4.69) is 0 Å². The summed E-state index contributed by atoms with van der Waals surface area (Å²) in [6, 6.07) is 14.5. The Morgan fingerprint density at radius 3 is 2.33 bits per heavy atom. The molecule has 0 aromatic heterocycles.